The zero-order valence-corrected chi connectivity index (χ0v) is 20.3. The van der Waals surface area contributed by atoms with Gasteiger partial charge >= 0.3 is 6.09 Å². The highest BCUT2D eigenvalue weighted by atomic mass is 16.6. The van der Waals surface area contributed by atoms with Gasteiger partial charge in [0.2, 0.25) is 0 Å². The van der Waals surface area contributed by atoms with Crippen molar-refractivity contribution >= 4 is 6.09 Å². The summed E-state index contributed by atoms with van der Waals surface area (Å²) in [6, 6.07) is 29.7. The van der Waals surface area contributed by atoms with Crippen LogP contribution in [-0.4, -0.2) is 28.9 Å². The van der Waals surface area contributed by atoms with E-state index in [1.54, 1.807) is 4.90 Å². The lowest BCUT2D eigenvalue weighted by Crippen LogP contribution is -2.46. The molecule has 1 aliphatic heterocycles. The second-order valence-electron chi connectivity index (χ2n) is 9.61. The molecule has 5 heteroatoms. The molecule has 0 spiro atoms. The minimum absolute atomic E-state index is 0.242. The van der Waals surface area contributed by atoms with Crippen LogP contribution in [0.25, 0.3) is 0 Å². The minimum atomic E-state index is -0.652. The molecule has 0 radical (unpaired) electrons. The quantitative estimate of drug-likeness (QED) is 0.413. The Labute approximate surface area is 202 Å². The second-order valence-corrected chi connectivity index (χ2v) is 9.61. The van der Waals surface area contributed by atoms with Crippen LogP contribution >= 0.6 is 0 Å². The third-order valence-corrected chi connectivity index (χ3v) is 5.83. The third kappa shape index (κ3) is 5.66. The topological polar surface area (TPSA) is 48.0 Å². The maximum atomic E-state index is 13.4. The first-order valence-corrected chi connectivity index (χ1v) is 11.8. The first kappa shape index (κ1) is 24.0. The fraction of sp³-hybridized carbons (Fsp3) is 0.345. The predicted molar refractivity (Wildman–Crippen MR) is 132 cm³/mol. The van der Waals surface area contributed by atoms with Crippen LogP contribution in [0.5, 0.6) is 0 Å². The second kappa shape index (κ2) is 10.4. The molecule has 5 nitrogen and oxygen atoms in total. The molecule has 4 atom stereocenters. The third-order valence-electron chi connectivity index (χ3n) is 5.83. The van der Waals surface area contributed by atoms with Gasteiger partial charge in [0.25, 0.3) is 0 Å². The molecule has 3 aromatic rings. The van der Waals surface area contributed by atoms with E-state index in [4.69, 9.17) is 14.2 Å². The Morgan fingerprint density at radius 1 is 0.912 bits per heavy atom. The average molecular weight is 460 g/mol. The number of hydrogen-bond acceptors (Lipinski definition) is 4. The summed E-state index contributed by atoms with van der Waals surface area (Å²) in [6.45, 7) is 8.01. The van der Waals surface area contributed by atoms with Gasteiger partial charge in [-0.3, -0.25) is 4.90 Å². The van der Waals surface area contributed by atoms with Gasteiger partial charge in [0.05, 0.1) is 12.6 Å². The average Bonchev–Trinajstić information content (AvgIpc) is 3.17. The van der Waals surface area contributed by atoms with E-state index in [9.17, 15) is 4.79 Å². The molecule has 1 heterocycles. The van der Waals surface area contributed by atoms with E-state index in [1.165, 1.54) is 0 Å². The molecule has 0 N–H and O–H groups in total. The normalized spacial score (nSPS) is 21.3. The van der Waals surface area contributed by atoms with Gasteiger partial charge in [-0.2, -0.15) is 0 Å². The van der Waals surface area contributed by atoms with Gasteiger partial charge < -0.3 is 14.2 Å². The van der Waals surface area contributed by atoms with Crippen LogP contribution in [0.2, 0.25) is 0 Å². The summed E-state index contributed by atoms with van der Waals surface area (Å²) in [7, 11) is 0. The lowest BCUT2D eigenvalue weighted by atomic mass is 10.0. The Morgan fingerprint density at radius 2 is 1.47 bits per heavy atom. The maximum Gasteiger partial charge on any atom is 0.412 e. The largest absolute Gasteiger partial charge is 0.444 e. The summed E-state index contributed by atoms with van der Waals surface area (Å²) in [5.41, 5.74) is 2.39. The highest BCUT2D eigenvalue weighted by molar-refractivity contribution is 5.69. The monoisotopic (exact) mass is 459 g/mol. The number of hydrogen-bond donors (Lipinski definition) is 0. The van der Waals surface area contributed by atoms with Gasteiger partial charge in [0, 0.05) is 0 Å². The van der Waals surface area contributed by atoms with Gasteiger partial charge in [0.15, 0.2) is 6.23 Å². The van der Waals surface area contributed by atoms with Crippen molar-refractivity contribution in [1.82, 2.24) is 4.90 Å². The van der Waals surface area contributed by atoms with E-state index in [0.29, 0.717) is 6.61 Å². The Balaban J connectivity index is 1.70. The van der Waals surface area contributed by atoms with Gasteiger partial charge in [-0.05, 0) is 44.4 Å². The molecule has 0 aliphatic carbocycles. The molecule has 3 aromatic carbocycles. The van der Waals surface area contributed by atoms with Gasteiger partial charge in [-0.1, -0.05) is 91.0 Å². The maximum absolute atomic E-state index is 13.4. The van der Waals surface area contributed by atoms with Gasteiger partial charge in [0.1, 0.15) is 17.8 Å². The molecule has 0 unspecified atom stereocenters. The zero-order valence-electron chi connectivity index (χ0n) is 20.3. The van der Waals surface area contributed by atoms with Crippen molar-refractivity contribution in [2.75, 3.05) is 0 Å². The molecule has 0 aromatic heterocycles. The Bertz CT molecular complexity index is 1050. The Hall–Kier alpha value is -3.15. The SMILES string of the molecule is C[C@H]1[C@@H](c2ccccc2)O[C@@H]([C@H](OCc2ccccc2)c2ccccc2)N1C(=O)OC(C)(C)C. The van der Waals surface area contributed by atoms with Crippen LogP contribution in [0.3, 0.4) is 0 Å². The number of amides is 1. The summed E-state index contributed by atoms with van der Waals surface area (Å²) in [6.07, 6.45) is -1.86. The fourth-order valence-corrected chi connectivity index (χ4v) is 4.26. The van der Waals surface area contributed by atoms with E-state index in [2.05, 4.69) is 0 Å². The van der Waals surface area contributed by atoms with Crippen molar-refractivity contribution in [3.05, 3.63) is 108 Å². The first-order chi connectivity index (χ1) is 16.3. The van der Waals surface area contributed by atoms with Crippen molar-refractivity contribution < 1.29 is 19.0 Å². The van der Waals surface area contributed by atoms with Crippen molar-refractivity contribution in [3.63, 3.8) is 0 Å². The molecule has 1 amide bonds. The number of carbonyl (C=O) groups is 1. The van der Waals surface area contributed by atoms with Crippen LogP contribution in [0.15, 0.2) is 91.0 Å². The summed E-state index contributed by atoms with van der Waals surface area (Å²) in [5, 5.41) is 0. The van der Waals surface area contributed by atoms with E-state index < -0.39 is 24.0 Å². The molecule has 1 saturated heterocycles. The molecule has 0 bridgehead atoms. The summed E-state index contributed by atoms with van der Waals surface area (Å²) < 4.78 is 18.9. The van der Waals surface area contributed by atoms with Crippen molar-refractivity contribution in [3.8, 4) is 0 Å². The molecule has 4 rings (SSSR count). The molecule has 178 valence electrons. The van der Waals surface area contributed by atoms with Gasteiger partial charge in [-0.15, -0.1) is 0 Å². The van der Waals surface area contributed by atoms with Crippen LogP contribution in [0.4, 0.5) is 4.79 Å². The number of ether oxygens (including phenoxy) is 3. The Morgan fingerprint density at radius 3 is 2.06 bits per heavy atom. The van der Waals surface area contributed by atoms with E-state index in [-0.39, 0.29) is 12.1 Å². The highest BCUT2D eigenvalue weighted by Gasteiger charge is 2.48. The zero-order chi connectivity index (χ0) is 24.1. The lowest BCUT2D eigenvalue weighted by molar-refractivity contribution is -0.117. The minimum Gasteiger partial charge on any atom is -0.444 e. The van der Waals surface area contributed by atoms with Crippen LogP contribution < -0.4 is 0 Å². The van der Waals surface area contributed by atoms with Crippen LogP contribution in [0, 0.1) is 0 Å². The van der Waals surface area contributed by atoms with Crippen LogP contribution in [-0.2, 0) is 20.8 Å². The molecule has 34 heavy (non-hydrogen) atoms. The standard InChI is InChI=1S/C29H33NO4/c1-21-25(23-16-10-6-11-17-23)33-27(30(21)28(31)34-29(2,3)4)26(24-18-12-7-13-19-24)32-20-22-14-8-5-9-15-22/h5-19,21,25-27H,20H2,1-4H3/t21-,25-,26+,27-/m0/s1. The molecule has 1 aliphatic rings. The predicted octanol–water partition coefficient (Wildman–Crippen LogP) is 6.67. The van der Waals surface area contributed by atoms with Crippen LogP contribution in [0.1, 0.15) is 56.6 Å². The molecule has 1 fully saturated rings. The van der Waals surface area contributed by atoms with Crippen molar-refractivity contribution in [2.45, 2.75) is 64.4 Å². The Kier molecular flexibility index (Phi) is 7.35. The van der Waals surface area contributed by atoms with Crippen molar-refractivity contribution in [2.24, 2.45) is 0 Å². The summed E-state index contributed by atoms with van der Waals surface area (Å²) in [4.78, 5) is 15.1. The van der Waals surface area contributed by atoms with Crippen molar-refractivity contribution in [1.29, 1.82) is 0 Å². The van der Waals surface area contributed by atoms with E-state index in [1.807, 2.05) is 119 Å². The summed E-state index contributed by atoms with van der Waals surface area (Å²) >= 11 is 0. The number of benzene rings is 3. The smallest absolute Gasteiger partial charge is 0.412 e. The molecular weight excluding hydrogens is 426 g/mol. The number of nitrogens with zero attached hydrogens (tertiary/aromatic N) is 1. The highest BCUT2D eigenvalue weighted by Crippen LogP contribution is 2.42. The fourth-order valence-electron chi connectivity index (χ4n) is 4.26. The van der Waals surface area contributed by atoms with Gasteiger partial charge in [-0.25, -0.2) is 4.79 Å². The van der Waals surface area contributed by atoms with E-state index >= 15 is 0 Å². The molecular formula is C29H33NO4. The number of carbonyl (C=O) groups excluding carboxylic acids is 1. The lowest BCUT2D eigenvalue weighted by Gasteiger charge is -2.33. The summed E-state index contributed by atoms with van der Waals surface area (Å²) in [5.74, 6) is 0. The first-order valence-electron chi connectivity index (χ1n) is 11.8. The van der Waals surface area contributed by atoms with E-state index in [0.717, 1.165) is 16.7 Å². The molecule has 0 saturated carbocycles. The number of rotatable bonds is 6.